The SMILES string of the molecule is COC(=O)c1cc2nc(-c3cccc(Br)c3C)oc2c(F)c1F.Cc1c(Br)cccc1-c1nc2cc(CO)c(F)c(F)c2o1. The molecule has 7 nitrogen and oxygen atoms in total. The minimum absolute atomic E-state index is 0.0404. The molecule has 4 aromatic carbocycles. The number of benzene rings is 4. The number of nitrogens with zero attached hydrogens (tertiary/aromatic N) is 2. The zero-order valence-electron chi connectivity index (χ0n) is 23.1. The quantitative estimate of drug-likeness (QED) is 0.143. The van der Waals surface area contributed by atoms with Crippen LogP contribution in [0, 0.1) is 37.1 Å². The molecule has 44 heavy (non-hydrogen) atoms. The van der Waals surface area contributed by atoms with E-state index in [4.69, 9.17) is 13.9 Å². The van der Waals surface area contributed by atoms with Crippen LogP contribution in [0.1, 0.15) is 27.0 Å². The van der Waals surface area contributed by atoms with Crippen molar-refractivity contribution in [2.45, 2.75) is 20.5 Å². The minimum Gasteiger partial charge on any atom is -0.465 e. The number of hydrogen-bond acceptors (Lipinski definition) is 7. The van der Waals surface area contributed by atoms with Gasteiger partial charge in [0, 0.05) is 25.6 Å². The number of esters is 1. The van der Waals surface area contributed by atoms with Crippen molar-refractivity contribution in [3.8, 4) is 22.9 Å². The Balaban J connectivity index is 0.000000175. The fourth-order valence-corrected chi connectivity index (χ4v) is 5.08. The van der Waals surface area contributed by atoms with Gasteiger partial charge in [-0.05, 0) is 61.4 Å². The van der Waals surface area contributed by atoms with Crippen molar-refractivity contribution in [3.05, 3.63) is 103 Å². The van der Waals surface area contributed by atoms with Crippen LogP contribution in [0.5, 0.6) is 0 Å². The van der Waals surface area contributed by atoms with E-state index in [0.29, 0.717) is 11.1 Å². The molecule has 0 radical (unpaired) electrons. The molecule has 13 heteroatoms. The summed E-state index contributed by atoms with van der Waals surface area (Å²) < 4.78 is 72.6. The third kappa shape index (κ3) is 5.62. The normalized spacial score (nSPS) is 11.1. The zero-order chi connectivity index (χ0) is 31.9. The topological polar surface area (TPSA) is 98.6 Å². The van der Waals surface area contributed by atoms with Gasteiger partial charge in [0.15, 0.2) is 22.8 Å². The molecule has 1 N–H and O–H groups in total. The van der Waals surface area contributed by atoms with E-state index in [9.17, 15) is 22.4 Å². The number of hydrogen-bond donors (Lipinski definition) is 1. The maximum atomic E-state index is 14.1. The summed E-state index contributed by atoms with van der Waals surface area (Å²) in [6, 6.07) is 13.2. The smallest absolute Gasteiger partial charge is 0.341 e. The lowest BCUT2D eigenvalue weighted by Crippen LogP contribution is -2.06. The zero-order valence-corrected chi connectivity index (χ0v) is 26.2. The molecule has 2 aromatic heterocycles. The van der Waals surface area contributed by atoms with E-state index in [1.54, 1.807) is 24.3 Å². The van der Waals surface area contributed by atoms with Crippen molar-refractivity contribution in [1.29, 1.82) is 0 Å². The molecule has 6 rings (SSSR count). The summed E-state index contributed by atoms with van der Waals surface area (Å²) in [6.07, 6.45) is 0. The Morgan fingerprint density at radius 1 is 0.795 bits per heavy atom. The van der Waals surface area contributed by atoms with E-state index in [1.807, 2.05) is 26.0 Å². The first-order valence-corrected chi connectivity index (χ1v) is 14.3. The van der Waals surface area contributed by atoms with Crippen LogP contribution in [-0.2, 0) is 11.3 Å². The summed E-state index contributed by atoms with van der Waals surface area (Å²) in [7, 11) is 1.09. The number of aliphatic hydroxyl groups is 1. The third-order valence-corrected chi connectivity index (χ3v) is 8.49. The van der Waals surface area contributed by atoms with E-state index in [2.05, 4.69) is 46.6 Å². The van der Waals surface area contributed by atoms with Gasteiger partial charge in [-0.2, -0.15) is 8.78 Å². The molecule has 0 saturated carbocycles. The Morgan fingerprint density at radius 3 is 1.75 bits per heavy atom. The molecule has 0 aliphatic carbocycles. The maximum absolute atomic E-state index is 14.1. The average Bonchev–Trinajstić information content (AvgIpc) is 3.64. The van der Waals surface area contributed by atoms with Gasteiger partial charge in [-0.15, -0.1) is 0 Å². The van der Waals surface area contributed by atoms with Crippen molar-refractivity contribution in [2.75, 3.05) is 7.11 Å². The van der Waals surface area contributed by atoms with Gasteiger partial charge in [-0.3, -0.25) is 0 Å². The molecule has 0 bridgehead atoms. The van der Waals surface area contributed by atoms with Crippen LogP contribution in [0.2, 0.25) is 0 Å². The number of aromatic nitrogens is 2. The predicted molar refractivity (Wildman–Crippen MR) is 161 cm³/mol. The van der Waals surface area contributed by atoms with Crippen LogP contribution in [-0.4, -0.2) is 28.2 Å². The predicted octanol–water partition coefficient (Wildman–Crippen LogP) is 8.97. The molecule has 0 aliphatic heterocycles. The van der Waals surface area contributed by atoms with E-state index >= 15 is 0 Å². The fourth-order valence-electron chi connectivity index (χ4n) is 4.34. The average molecular weight is 736 g/mol. The van der Waals surface area contributed by atoms with Crippen LogP contribution in [0.25, 0.3) is 45.1 Å². The van der Waals surface area contributed by atoms with Gasteiger partial charge < -0.3 is 18.7 Å². The monoisotopic (exact) mass is 734 g/mol. The summed E-state index contributed by atoms with van der Waals surface area (Å²) >= 11 is 6.79. The number of halogens is 6. The maximum Gasteiger partial charge on any atom is 0.341 e. The second kappa shape index (κ2) is 12.5. The molecule has 0 saturated heterocycles. The molecule has 226 valence electrons. The molecule has 0 aliphatic rings. The Kier molecular flexibility index (Phi) is 8.91. The molecular weight excluding hydrogens is 716 g/mol. The first kappa shape index (κ1) is 31.4. The highest BCUT2D eigenvalue weighted by Gasteiger charge is 2.24. The molecule has 0 atom stereocenters. The number of fused-ring (bicyclic) bond motifs is 2. The highest BCUT2D eigenvalue weighted by molar-refractivity contribution is 9.10. The standard InChI is InChI=1S/C16H10BrF2NO3.C15H10BrF2NO2/c1-7-8(4-3-5-10(7)17)15-20-11-6-9(16(21)22-2)12(18)13(19)14(11)23-15;1-7-9(3-2-4-10(7)16)15-19-11-5-8(6-20)12(17)13(18)14(11)21-15/h3-6H,1-2H3;2-5,20H,6H2,1H3. The lowest BCUT2D eigenvalue weighted by atomic mass is 10.1. The highest BCUT2D eigenvalue weighted by atomic mass is 79.9. The number of oxazole rings is 2. The third-order valence-electron chi connectivity index (χ3n) is 6.77. The highest BCUT2D eigenvalue weighted by Crippen LogP contribution is 2.34. The molecule has 0 unspecified atom stereocenters. The van der Waals surface area contributed by atoms with Crippen molar-refractivity contribution in [2.24, 2.45) is 0 Å². The van der Waals surface area contributed by atoms with E-state index < -0.39 is 41.4 Å². The second-order valence-corrected chi connectivity index (χ2v) is 11.1. The van der Waals surface area contributed by atoms with Gasteiger partial charge >= 0.3 is 5.97 Å². The van der Waals surface area contributed by atoms with Gasteiger partial charge in [0.05, 0.1) is 13.7 Å². The Bertz CT molecular complexity index is 2080. The van der Waals surface area contributed by atoms with E-state index in [1.165, 1.54) is 6.07 Å². The summed E-state index contributed by atoms with van der Waals surface area (Å²) in [5, 5.41) is 9.04. The molecule has 0 fully saturated rings. The van der Waals surface area contributed by atoms with Crippen molar-refractivity contribution >= 4 is 60.0 Å². The molecule has 0 amide bonds. The van der Waals surface area contributed by atoms with Crippen LogP contribution in [0.4, 0.5) is 17.6 Å². The number of carbonyl (C=O) groups is 1. The number of methoxy groups -OCH3 is 1. The van der Waals surface area contributed by atoms with Crippen LogP contribution in [0.3, 0.4) is 0 Å². The summed E-state index contributed by atoms with van der Waals surface area (Å²) in [5.74, 6) is -5.48. The minimum atomic E-state index is -1.32. The van der Waals surface area contributed by atoms with Crippen LogP contribution >= 0.6 is 31.9 Å². The molecule has 2 heterocycles. The summed E-state index contributed by atoms with van der Waals surface area (Å²) in [5.41, 5.74) is 1.99. The largest absolute Gasteiger partial charge is 0.465 e. The molecular formula is C31H20Br2F4N2O5. The van der Waals surface area contributed by atoms with E-state index in [0.717, 1.165) is 33.2 Å². The van der Waals surface area contributed by atoms with E-state index in [-0.39, 0.29) is 39.5 Å². The van der Waals surface area contributed by atoms with Crippen LogP contribution in [0.15, 0.2) is 66.3 Å². The lowest BCUT2D eigenvalue weighted by Gasteiger charge is -2.02. The summed E-state index contributed by atoms with van der Waals surface area (Å²) in [6.45, 7) is 3.10. The number of carbonyl (C=O) groups excluding carboxylic acids is 1. The first-order chi connectivity index (χ1) is 21.0. The Morgan fingerprint density at radius 2 is 1.27 bits per heavy atom. The summed E-state index contributed by atoms with van der Waals surface area (Å²) in [4.78, 5) is 19.9. The van der Waals surface area contributed by atoms with Gasteiger partial charge in [-0.1, -0.05) is 44.0 Å². The molecule has 0 spiro atoms. The van der Waals surface area contributed by atoms with Gasteiger partial charge in [0.25, 0.3) is 0 Å². The lowest BCUT2D eigenvalue weighted by molar-refractivity contribution is 0.0594. The van der Waals surface area contributed by atoms with Crippen LogP contribution < -0.4 is 0 Å². The van der Waals surface area contributed by atoms with Crippen molar-refractivity contribution in [1.82, 2.24) is 9.97 Å². The molecule has 6 aromatic rings. The van der Waals surface area contributed by atoms with Gasteiger partial charge in [-0.25, -0.2) is 23.5 Å². The second-order valence-electron chi connectivity index (χ2n) is 9.42. The van der Waals surface area contributed by atoms with Gasteiger partial charge in [0.1, 0.15) is 16.6 Å². The van der Waals surface area contributed by atoms with Gasteiger partial charge in [0.2, 0.25) is 23.4 Å². The van der Waals surface area contributed by atoms with Crippen molar-refractivity contribution < 1.29 is 41.0 Å². The number of aliphatic hydroxyl groups excluding tert-OH is 1. The first-order valence-electron chi connectivity index (χ1n) is 12.7. The number of rotatable bonds is 4. The number of ether oxygens (including phenoxy) is 1. The van der Waals surface area contributed by atoms with Crippen molar-refractivity contribution in [3.63, 3.8) is 0 Å². The Hall–Kier alpha value is -4.07. The Labute approximate surface area is 263 Å². The fraction of sp³-hybridized carbons (Fsp3) is 0.129.